The Labute approximate surface area is 129 Å². The Morgan fingerprint density at radius 1 is 1.40 bits per heavy atom. The van der Waals surface area contributed by atoms with Crippen LogP contribution in [0.1, 0.15) is 22.9 Å². The van der Waals surface area contributed by atoms with Crippen molar-refractivity contribution in [2.75, 3.05) is 11.4 Å². The summed E-state index contributed by atoms with van der Waals surface area (Å²) in [6.07, 6.45) is 2.01. The minimum atomic E-state index is 0.163. The first-order chi connectivity index (χ1) is 9.63. The number of thiophene rings is 1. The smallest absolute Gasteiger partial charge is 0.0440 e. The molecule has 1 aromatic carbocycles. The predicted molar refractivity (Wildman–Crippen MR) is 87.9 cm³/mol. The molecular formula is C16H19ClN2S. The highest BCUT2D eigenvalue weighted by Crippen LogP contribution is 2.32. The normalized spacial score (nSPS) is 16.1. The van der Waals surface area contributed by atoms with E-state index in [4.69, 9.17) is 17.3 Å². The van der Waals surface area contributed by atoms with Crippen molar-refractivity contribution in [3.63, 3.8) is 0 Å². The van der Waals surface area contributed by atoms with E-state index in [9.17, 15) is 0 Å². The Kier molecular flexibility index (Phi) is 4.01. The van der Waals surface area contributed by atoms with Crippen LogP contribution in [0.4, 0.5) is 5.69 Å². The van der Waals surface area contributed by atoms with Gasteiger partial charge in [0.25, 0.3) is 0 Å². The number of rotatable bonds is 3. The third kappa shape index (κ3) is 2.85. The van der Waals surface area contributed by atoms with Crippen molar-refractivity contribution in [3.8, 4) is 0 Å². The average molecular weight is 307 g/mol. The number of halogens is 1. The van der Waals surface area contributed by atoms with Crippen molar-refractivity contribution in [3.05, 3.63) is 50.7 Å². The maximum atomic E-state index is 6.20. The van der Waals surface area contributed by atoms with E-state index >= 15 is 0 Å². The fourth-order valence-electron chi connectivity index (χ4n) is 2.80. The van der Waals surface area contributed by atoms with Gasteiger partial charge in [0.15, 0.2) is 0 Å². The SMILES string of the molecule is CC(N)Cc1ccc(Cl)cc1N1CCc2sccc2C1. The van der Waals surface area contributed by atoms with Gasteiger partial charge >= 0.3 is 0 Å². The zero-order valence-corrected chi connectivity index (χ0v) is 13.2. The van der Waals surface area contributed by atoms with Crippen molar-refractivity contribution in [2.24, 2.45) is 5.73 Å². The van der Waals surface area contributed by atoms with Gasteiger partial charge in [0.2, 0.25) is 0 Å². The molecule has 0 aliphatic carbocycles. The topological polar surface area (TPSA) is 29.3 Å². The molecule has 2 N–H and O–H groups in total. The molecule has 4 heteroatoms. The van der Waals surface area contributed by atoms with Crippen molar-refractivity contribution in [2.45, 2.75) is 32.4 Å². The summed E-state index contributed by atoms with van der Waals surface area (Å²) in [6, 6.07) is 8.56. The number of anilines is 1. The molecule has 3 rings (SSSR count). The lowest BCUT2D eigenvalue weighted by molar-refractivity contribution is 0.712. The van der Waals surface area contributed by atoms with Crippen LogP contribution in [-0.2, 0) is 19.4 Å². The van der Waals surface area contributed by atoms with Crippen LogP contribution in [0.25, 0.3) is 0 Å². The molecule has 0 bridgehead atoms. The fourth-order valence-corrected chi connectivity index (χ4v) is 3.86. The molecule has 106 valence electrons. The van der Waals surface area contributed by atoms with Crippen LogP contribution >= 0.6 is 22.9 Å². The van der Waals surface area contributed by atoms with Crippen LogP contribution in [0.15, 0.2) is 29.6 Å². The second-order valence-electron chi connectivity index (χ2n) is 5.50. The van der Waals surface area contributed by atoms with Crippen molar-refractivity contribution in [1.29, 1.82) is 0 Å². The van der Waals surface area contributed by atoms with Gasteiger partial charge < -0.3 is 10.6 Å². The molecule has 1 aliphatic rings. The van der Waals surface area contributed by atoms with Crippen LogP contribution in [0.2, 0.25) is 5.02 Å². The van der Waals surface area contributed by atoms with Crippen LogP contribution in [0.5, 0.6) is 0 Å². The van der Waals surface area contributed by atoms with Gasteiger partial charge in [-0.1, -0.05) is 17.7 Å². The maximum absolute atomic E-state index is 6.20. The van der Waals surface area contributed by atoms with Crippen molar-refractivity contribution < 1.29 is 0 Å². The van der Waals surface area contributed by atoms with Gasteiger partial charge in [0.1, 0.15) is 0 Å². The molecule has 0 saturated heterocycles. The van der Waals surface area contributed by atoms with E-state index in [0.717, 1.165) is 31.0 Å². The molecular weight excluding hydrogens is 288 g/mol. The zero-order chi connectivity index (χ0) is 14.1. The van der Waals surface area contributed by atoms with E-state index in [-0.39, 0.29) is 6.04 Å². The van der Waals surface area contributed by atoms with Gasteiger partial charge in [-0.05, 0) is 54.5 Å². The van der Waals surface area contributed by atoms with Crippen molar-refractivity contribution >= 4 is 28.6 Å². The summed E-state index contributed by atoms with van der Waals surface area (Å²) in [5.41, 5.74) is 9.96. The molecule has 1 aliphatic heterocycles. The predicted octanol–water partition coefficient (Wildman–Crippen LogP) is 3.85. The highest BCUT2D eigenvalue weighted by atomic mass is 35.5. The lowest BCUT2D eigenvalue weighted by Gasteiger charge is -2.31. The van der Waals surface area contributed by atoms with Gasteiger partial charge in [-0.15, -0.1) is 11.3 Å². The van der Waals surface area contributed by atoms with Crippen LogP contribution in [0.3, 0.4) is 0 Å². The summed E-state index contributed by atoms with van der Waals surface area (Å²) in [5.74, 6) is 0. The third-order valence-corrected chi connectivity index (χ3v) is 5.00. The largest absolute Gasteiger partial charge is 0.367 e. The zero-order valence-electron chi connectivity index (χ0n) is 11.6. The Hall–Kier alpha value is -1.03. The van der Waals surface area contributed by atoms with E-state index in [1.807, 2.05) is 24.3 Å². The van der Waals surface area contributed by atoms with E-state index in [1.165, 1.54) is 21.7 Å². The summed E-state index contributed by atoms with van der Waals surface area (Å²) in [6.45, 7) is 4.08. The first kappa shape index (κ1) is 13.9. The van der Waals surface area contributed by atoms with E-state index in [2.05, 4.69) is 28.5 Å². The highest BCUT2D eigenvalue weighted by Gasteiger charge is 2.20. The Bertz CT molecular complexity index is 606. The fraction of sp³-hybridized carbons (Fsp3) is 0.375. The first-order valence-electron chi connectivity index (χ1n) is 6.97. The maximum Gasteiger partial charge on any atom is 0.0440 e. The minimum absolute atomic E-state index is 0.163. The van der Waals surface area contributed by atoms with E-state index in [1.54, 1.807) is 0 Å². The number of hydrogen-bond acceptors (Lipinski definition) is 3. The number of fused-ring (bicyclic) bond motifs is 1. The van der Waals surface area contributed by atoms with Gasteiger partial charge in [-0.25, -0.2) is 0 Å². The molecule has 1 unspecified atom stereocenters. The Balaban J connectivity index is 1.91. The van der Waals surface area contributed by atoms with Gasteiger partial charge in [-0.2, -0.15) is 0 Å². The van der Waals surface area contributed by atoms with Gasteiger partial charge in [0.05, 0.1) is 0 Å². The number of benzene rings is 1. The molecule has 20 heavy (non-hydrogen) atoms. The standard InChI is InChI=1S/C16H19ClN2S/c1-11(18)8-12-2-3-14(17)9-15(12)19-6-4-16-13(10-19)5-7-20-16/h2-3,5,7,9,11H,4,6,8,10,18H2,1H3. The molecule has 0 saturated carbocycles. The minimum Gasteiger partial charge on any atom is -0.367 e. The second kappa shape index (κ2) is 5.76. The molecule has 0 amide bonds. The highest BCUT2D eigenvalue weighted by molar-refractivity contribution is 7.10. The molecule has 2 heterocycles. The molecule has 0 fully saturated rings. The summed E-state index contributed by atoms with van der Waals surface area (Å²) < 4.78 is 0. The molecule has 0 spiro atoms. The summed E-state index contributed by atoms with van der Waals surface area (Å²) >= 11 is 8.06. The second-order valence-corrected chi connectivity index (χ2v) is 6.93. The molecule has 1 atom stereocenters. The van der Waals surface area contributed by atoms with Crippen LogP contribution in [-0.4, -0.2) is 12.6 Å². The van der Waals surface area contributed by atoms with E-state index in [0.29, 0.717) is 0 Å². The summed E-state index contributed by atoms with van der Waals surface area (Å²) in [7, 11) is 0. The van der Waals surface area contributed by atoms with Crippen LogP contribution in [0, 0.1) is 0 Å². The molecule has 2 aromatic rings. The first-order valence-corrected chi connectivity index (χ1v) is 8.23. The quantitative estimate of drug-likeness (QED) is 0.933. The average Bonchev–Trinajstić information content (AvgIpc) is 2.87. The number of hydrogen-bond donors (Lipinski definition) is 1. The lowest BCUT2D eigenvalue weighted by Crippen LogP contribution is -2.31. The summed E-state index contributed by atoms with van der Waals surface area (Å²) in [5, 5.41) is 2.99. The van der Waals surface area contributed by atoms with Crippen molar-refractivity contribution in [1.82, 2.24) is 0 Å². The Morgan fingerprint density at radius 3 is 3.05 bits per heavy atom. The Morgan fingerprint density at radius 2 is 2.25 bits per heavy atom. The molecule has 1 aromatic heterocycles. The number of nitrogens with two attached hydrogens (primary N) is 1. The molecule has 0 radical (unpaired) electrons. The molecule has 2 nitrogen and oxygen atoms in total. The van der Waals surface area contributed by atoms with Gasteiger partial charge in [-0.3, -0.25) is 0 Å². The van der Waals surface area contributed by atoms with E-state index < -0.39 is 0 Å². The van der Waals surface area contributed by atoms with Crippen LogP contribution < -0.4 is 10.6 Å². The van der Waals surface area contributed by atoms with Gasteiger partial charge in [0, 0.05) is 34.7 Å². The monoisotopic (exact) mass is 306 g/mol. The number of nitrogens with zero attached hydrogens (tertiary/aromatic N) is 1. The lowest BCUT2D eigenvalue weighted by atomic mass is 10.0. The summed E-state index contributed by atoms with van der Waals surface area (Å²) in [4.78, 5) is 3.95. The third-order valence-electron chi connectivity index (χ3n) is 3.74.